The van der Waals surface area contributed by atoms with Crippen molar-refractivity contribution in [1.82, 2.24) is 0 Å². The van der Waals surface area contributed by atoms with E-state index in [1.54, 1.807) is 24.3 Å². The Kier molecular flexibility index (Phi) is 7.63. The van der Waals surface area contributed by atoms with Gasteiger partial charge in [-0.25, -0.2) is 4.79 Å². The molecule has 0 heterocycles. The molecule has 0 aliphatic rings. The van der Waals surface area contributed by atoms with Gasteiger partial charge in [0.1, 0.15) is 12.4 Å². The predicted octanol–water partition coefficient (Wildman–Crippen LogP) is 3.75. The number of carbonyl (C=O) groups excluding carboxylic acids is 1. The van der Waals surface area contributed by atoms with E-state index in [2.05, 4.69) is 24.0 Å². The highest BCUT2D eigenvalue weighted by Crippen LogP contribution is 2.12. The first-order chi connectivity index (χ1) is 11.8. The second kappa shape index (κ2) is 10.3. The number of ether oxygens (including phenoxy) is 3. The van der Waals surface area contributed by atoms with Crippen LogP contribution in [0.1, 0.15) is 6.92 Å². The van der Waals surface area contributed by atoms with Gasteiger partial charge in [0.2, 0.25) is 0 Å². The lowest BCUT2D eigenvalue weighted by molar-refractivity contribution is 0.0541. The van der Waals surface area contributed by atoms with Gasteiger partial charge in [0.15, 0.2) is 0 Å². The largest absolute Gasteiger partial charge is 0.513 e. The van der Waals surface area contributed by atoms with Crippen molar-refractivity contribution in [1.29, 1.82) is 0 Å². The topological polar surface area (TPSA) is 48.0 Å². The van der Waals surface area contributed by atoms with Gasteiger partial charge >= 0.3 is 6.16 Å². The number of rotatable bonds is 9. The third-order valence-electron chi connectivity index (χ3n) is 3.40. The average molecular weight is 329 g/mol. The van der Waals surface area contributed by atoms with Crippen molar-refractivity contribution in [2.75, 3.05) is 37.8 Å². The fourth-order valence-electron chi connectivity index (χ4n) is 2.18. The minimum absolute atomic E-state index is 0.170. The van der Waals surface area contributed by atoms with Crippen LogP contribution in [0.25, 0.3) is 0 Å². The van der Waals surface area contributed by atoms with Crippen LogP contribution < -0.4 is 9.64 Å². The highest BCUT2D eigenvalue weighted by Gasteiger charge is 2.06. The highest BCUT2D eigenvalue weighted by atomic mass is 16.7. The van der Waals surface area contributed by atoms with Crippen molar-refractivity contribution in [3.63, 3.8) is 0 Å². The van der Waals surface area contributed by atoms with Crippen molar-refractivity contribution < 1.29 is 19.0 Å². The Hall–Kier alpha value is -2.53. The first-order valence-electron chi connectivity index (χ1n) is 8.07. The molecule has 5 nitrogen and oxygen atoms in total. The Balaban J connectivity index is 1.57. The normalized spacial score (nSPS) is 10.2. The molecular weight excluding hydrogens is 306 g/mol. The van der Waals surface area contributed by atoms with Gasteiger partial charge in [0.05, 0.1) is 13.2 Å². The first kappa shape index (κ1) is 17.8. The summed E-state index contributed by atoms with van der Waals surface area (Å²) in [6.45, 7) is 4.89. The van der Waals surface area contributed by atoms with Gasteiger partial charge in [-0.3, -0.25) is 0 Å². The van der Waals surface area contributed by atoms with Gasteiger partial charge in [-0.1, -0.05) is 36.4 Å². The molecule has 2 aromatic rings. The van der Waals surface area contributed by atoms with E-state index in [0.717, 1.165) is 13.1 Å². The van der Waals surface area contributed by atoms with Gasteiger partial charge < -0.3 is 19.1 Å². The third-order valence-corrected chi connectivity index (χ3v) is 3.40. The molecule has 0 bridgehead atoms. The lowest BCUT2D eigenvalue weighted by Crippen LogP contribution is -2.27. The molecule has 0 fully saturated rings. The molecule has 0 unspecified atom stereocenters. The minimum Gasteiger partial charge on any atom is -0.432 e. The molecule has 0 amide bonds. The summed E-state index contributed by atoms with van der Waals surface area (Å²) in [5.74, 6) is 0.463. The molecule has 5 heteroatoms. The molecule has 0 N–H and O–H groups in total. The molecule has 0 atom stereocenters. The molecule has 0 aliphatic carbocycles. The molecule has 2 aromatic carbocycles. The van der Waals surface area contributed by atoms with Crippen molar-refractivity contribution in [3.05, 3.63) is 60.7 Å². The second-order valence-corrected chi connectivity index (χ2v) is 5.04. The maximum atomic E-state index is 11.5. The molecule has 0 saturated carbocycles. The van der Waals surface area contributed by atoms with Crippen molar-refractivity contribution >= 4 is 11.8 Å². The van der Waals surface area contributed by atoms with Gasteiger partial charge in [0.25, 0.3) is 0 Å². The monoisotopic (exact) mass is 329 g/mol. The summed E-state index contributed by atoms with van der Waals surface area (Å²) in [6.07, 6.45) is -0.718. The van der Waals surface area contributed by atoms with E-state index in [1.165, 1.54) is 5.69 Å². The number of carbonyl (C=O) groups is 1. The average Bonchev–Trinajstić information content (AvgIpc) is 2.63. The zero-order valence-electron chi connectivity index (χ0n) is 13.9. The lowest BCUT2D eigenvalue weighted by atomic mass is 10.3. The zero-order chi connectivity index (χ0) is 17.0. The fourth-order valence-corrected chi connectivity index (χ4v) is 2.18. The van der Waals surface area contributed by atoms with Crippen LogP contribution in [-0.4, -0.2) is 39.1 Å². The Morgan fingerprint density at radius 3 is 2.25 bits per heavy atom. The van der Waals surface area contributed by atoms with Crippen molar-refractivity contribution in [2.24, 2.45) is 0 Å². The quantitative estimate of drug-likeness (QED) is 0.398. The summed E-state index contributed by atoms with van der Waals surface area (Å²) in [4.78, 5) is 13.7. The molecule has 2 rings (SSSR count). The summed E-state index contributed by atoms with van der Waals surface area (Å²) in [5, 5.41) is 0. The standard InChI is InChI=1S/C19H23NO4/c1-2-20(17-9-5-3-6-10-17)13-14-22-15-16-23-19(21)24-18-11-7-4-8-12-18/h3-12H,2,13-16H2,1H3. The number of para-hydroxylation sites is 2. The van der Waals surface area contributed by atoms with E-state index in [0.29, 0.717) is 19.0 Å². The Morgan fingerprint density at radius 2 is 1.58 bits per heavy atom. The Bertz CT molecular complexity index is 589. The highest BCUT2D eigenvalue weighted by molar-refractivity contribution is 5.63. The SMILES string of the molecule is CCN(CCOCCOC(=O)Oc1ccccc1)c1ccccc1. The van der Waals surface area contributed by atoms with Gasteiger partial charge in [0, 0.05) is 18.8 Å². The van der Waals surface area contributed by atoms with E-state index in [-0.39, 0.29) is 6.61 Å². The fraction of sp³-hybridized carbons (Fsp3) is 0.316. The van der Waals surface area contributed by atoms with Crippen LogP contribution in [-0.2, 0) is 9.47 Å². The van der Waals surface area contributed by atoms with Crippen LogP contribution >= 0.6 is 0 Å². The third kappa shape index (κ3) is 6.30. The van der Waals surface area contributed by atoms with Crippen LogP contribution in [0.5, 0.6) is 5.75 Å². The molecule has 128 valence electrons. The number of hydrogen-bond donors (Lipinski definition) is 0. The minimum atomic E-state index is -0.718. The van der Waals surface area contributed by atoms with E-state index in [4.69, 9.17) is 14.2 Å². The zero-order valence-corrected chi connectivity index (χ0v) is 13.9. The maximum absolute atomic E-state index is 11.5. The molecule has 0 aromatic heterocycles. The summed E-state index contributed by atoms with van der Waals surface area (Å²) in [7, 11) is 0. The van der Waals surface area contributed by atoms with Gasteiger partial charge in [-0.05, 0) is 31.2 Å². The van der Waals surface area contributed by atoms with Crippen LogP contribution in [0.2, 0.25) is 0 Å². The first-order valence-corrected chi connectivity index (χ1v) is 8.07. The molecular formula is C19H23NO4. The maximum Gasteiger partial charge on any atom is 0.513 e. The summed E-state index contributed by atoms with van der Waals surface area (Å²) in [6, 6.07) is 19.0. The van der Waals surface area contributed by atoms with E-state index in [9.17, 15) is 4.79 Å². The molecule has 0 aliphatic heterocycles. The Labute approximate surface area is 142 Å². The predicted molar refractivity (Wildman–Crippen MR) is 93.6 cm³/mol. The molecule has 0 spiro atoms. The molecule has 0 radical (unpaired) electrons. The van der Waals surface area contributed by atoms with Crippen molar-refractivity contribution in [3.8, 4) is 5.75 Å². The van der Waals surface area contributed by atoms with Crippen LogP contribution in [0.15, 0.2) is 60.7 Å². The van der Waals surface area contributed by atoms with E-state index < -0.39 is 6.16 Å². The van der Waals surface area contributed by atoms with Crippen molar-refractivity contribution in [2.45, 2.75) is 6.92 Å². The van der Waals surface area contributed by atoms with Crippen LogP contribution in [0, 0.1) is 0 Å². The second-order valence-electron chi connectivity index (χ2n) is 5.04. The summed E-state index contributed by atoms with van der Waals surface area (Å²) < 4.78 is 15.5. The lowest BCUT2D eigenvalue weighted by Gasteiger charge is -2.22. The van der Waals surface area contributed by atoms with Crippen LogP contribution in [0.3, 0.4) is 0 Å². The van der Waals surface area contributed by atoms with E-state index >= 15 is 0 Å². The molecule has 0 saturated heterocycles. The summed E-state index contributed by atoms with van der Waals surface area (Å²) >= 11 is 0. The summed E-state index contributed by atoms with van der Waals surface area (Å²) in [5.41, 5.74) is 1.17. The number of anilines is 1. The van der Waals surface area contributed by atoms with Gasteiger partial charge in [-0.2, -0.15) is 0 Å². The smallest absolute Gasteiger partial charge is 0.432 e. The number of likely N-dealkylation sites (N-methyl/N-ethyl adjacent to an activating group) is 1. The number of hydrogen-bond acceptors (Lipinski definition) is 5. The number of nitrogens with zero attached hydrogens (tertiary/aromatic N) is 1. The van der Waals surface area contributed by atoms with Crippen LogP contribution in [0.4, 0.5) is 10.5 Å². The Morgan fingerprint density at radius 1 is 0.917 bits per heavy atom. The van der Waals surface area contributed by atoms with E-state index in [1.807, 2.05) is 24.3 Å². The number of benzene rings is 2. The van der Waals surface area contributed by atoms with Gasteiger partial charge in [-0.15, -0.1) is 0 Å². The molecule has 24 heavy (non-hydrogen) atoms.